The van der Waals surface area contributed by atoms with Gasteiger partial charge in [0.1, 0.15) is 0 Å². The second kappa shape index (κ2) is 10.1. The van der Waals surface area contributed by atoms with Gasteiger partial charge in [0.05, 0.1) is 5.38 Å². The van der Waals surface area contributed by atoms with Crippen molar-refractivity contribution in [2.24, 2.45) is 9.98 Å². The van der Waals surface area contributed by atoms with Crippen LogP contribution in [0.2, 0.25) is 0 Å². The highest BCUT2D eigenvalue weighted by Crippen LogP contribution is 2.05. The molecule has 1 unspecified atom stereocenters. The lowest BCUT2D eigenvalue weighted by Gasteiger charge is -1.95. The lowest BCUT2D eigenvalue weighted by atomic mass is 10.4. The molecule has 0 bridgehead atoms. The van der Waals surface area contributed by atoms with Crippen LogP contribution in [0.5, 0.6) is 0 Å². The quantitative estimate of drug-likeness (QED) is 0.381. The molecule has 0 aromatic rings. The molecule has 0 aliphatic carbocycles. The molecule has 5 heteroatoms. The van der Waals surface area contributed by atoms with E-state index in [2.05, 4.69) is 32.6 Å². The van der Waals surface area contributed by atoms with Gasteiger partial charge in [-0.3, -0.25) is 9.98 Å². The Morgan fingerprint density at radius 2 is 2.06 bits per heavy atom. The van der Waals surface area contributed by atoms with Crippen LogP contribution in [-0.4, -0.2) is 17.8 Å². The third-order valence-electron chi connectivity index (χ3n) is 1.35. The van der Waals surface area contributed by atoms with Crippen LogP contribution in [0, 0.1) is 0 Å². The molecule has 0 fully saturated rings. The summed E-state index contributed by atoms with van der Waals surface area (Å²) in [6.45, 7) is 3.65. The van der Waals surface area contributed by atoms with Gasteiger partial charge in [-0.25, -0.2) is 0 Å². The average molecular weight is 371 g/mol. The van der Waals surface area contributed by atoms with E-state index < -0.39 is 0 Å². The summed E-state index contributed by atoms with van der Waals surface area (Å²) in [7, 11) is 0. The summed E-state index contributed by atoms with van der Waals surface area (Å²) in [5, 5.41) is 0.369. The van der Waals surface area contributed by atoms with Crippen LogP contribution in [0.1, 0.15) is 13.8 Å². The number of allylic oxidation sites excluding steroid dienone is 4. The van der Waals surface area contributed by atoms with Crippen LogP contribution in [0.25, 0.3) is 0 Å². The molecule has 0 radical (unpaired) electrons. The van der Waals surface area contributed by atoms with E-state index in [1.807, 2.05) is 11.0 Å². The minimum atomic E-state index is -0.285. The van der Waals surface area contributed by atoms with E-state index in [0.717, 1.165) is 5.70 Å². The first-order valence-electron chi connectivity index (χ1n) is 4.53. The van der Waals surface area contributed by atoms with Gasteiger partial charge >= 0.3 is 0 Å². The van der Waals surface area contributed by atoms with Crippen LogP contribution in [0.15, 0.2) is 43.1 Å². The van der Waals surface area contributed by atoms with Crippen molar-refractivity contribution in [3.8, 4) is 0 Å². The van der Waals surface area contributed by atoms with Crippen molar-refractivity contribution in [1.82, 2.24) is 0 Å². The smallest absolute Gasteiger partial charge is 0.0882 e. The molecular weight excluding hydrogens is 358 g/mol. The summed E-state index contributed by atoms with van der Waals surface area (Å²) in [6, 6.07) is 0. The van der Waals surface area contributed by atoms with E-state index in [9.17, 15) is 0 Å². The largest absolute Gasteiger partial charge is 0.264 e. The fourth-order valence-electron chi connectivity index (χ4n) is 0.727. The van der Waals surface area contributed by atoms with Crippen molar-refractivity contribution >= 4 is 58.2 Å². The predicted molar refractivity (Wildman–Crippen MR) is 83.2 cm³/mol. The maximum absolute atomic E-state index is 5.92. The van der Waals surface area contributed by atoms with E-state index >= 15 is 0 Å². The van der Waals surface area contributed by atoms with Gasteiger partial charge in [0.25, 0.3) is 0 Å². The van der Waals surface area contributed by atoms with Crippen LogP contribution >= 0.6 is 45.8 Å². The van der Waals surface area contributed by atoms with Gasteiger partial charge in [0.2, 0.25) is 0 Å². The molecule has 88 valence electrons. The molecular formula is C11H13Cl2IN2. The molecule has 0 aliphatic rings. The van der Waals surface area contributed by atoms with Gasteiger partial charge in [-0.2, -0.15) is 0 Å². The number of hydrogen-bond acceptors (Lipinski definition) is 2. The van der Waals surface area contributed by atoms with E-state index in [0.29, 0.717) is 5.03 Å². The monoisotopic (exact) mass is 370 g/mol. The summed E-state index contributed by atoms with van der Waals surface area (Å²) in [6.07, 6.45) is 8.51. The Balaban J connectivity index is 4.27. The number of nitrogens with zero attached hydrogens (tertiary/aromatic N) is 2. The molecule has 0 rings (SSSR count). The maximum Gasteiger partial charge on any atom is 0.0882 e. The lowest BCUT2D eigenvalue weighted by molar-refractivity contribution is 1.30. The molecule has 2 nitrogen and oxygen atoms in total. The Hall–Kier alpha value is -0.130. The Morgan fingerprint density at radius 3 is 2.62 bits per heavy atom. The molecule has 0 amide bonds. The Morgan fingerprint density at radius 1 is 1.38 bits per heavy atom. The standard InChI is InChI=1S/C11H13Cl2IN2/c1-9(12)7-11(13)8-16-10(2)3-5-15-6-4-14/h3-8,11H,1-2H3/b6-4+,9-7+,10-3+,15-5-,16-8+. The summed E-state index contributed by atoms with van der Waals surface area (Å²) in [4.78, 5) is 8.13. The summed E-state index contributed by atoms with van der Waals surface area (Å²) in [5.74, 6) is 0. The normalized spacial score (nSPS) is 16.8. The SMILES string of the molecule is C/C(Cl)=C\C(Cl)/C=N/C(C)=C/C=N\C=C\I. The van der Waals surface area contributed by atoms with Gasteiger partial charge in [-0.1, -0.05) is 34.2 Å². The van der Waals surface area contributed by atoms with Crippen molar-refractivity contribution < 1.29 is 0 Å². The summed E-state index contributed by atoms with van der Waals surface area (Å²) in [5.41, 5.74) is 0.830. The lowest BCUT2D eigenvalue weighted by Crippen LogP contribution is -1.95. The zero-order valence-corrected chi connectivity index (χ0v) is 12.7. The minimum Gasteiger partial charge on any atom is -0.264 e. The molecule has 0 saturated heterocycles. The maximum atomic E-state index is 5.92. The molecule has 0 heterocycles. The predicted octanol–water partition coefficient (Wildman–Crippen LogP) is 4.69. The fraction of sp³-hybridized carbons (Fsp3) is 0.273. The molecule has 0 aromatic heterocycles. The molecule has 0 spiro atoms. The van der Waals surface area contributed by atoms with Gasteiger partial charge in [0, 0.05) is 29.4 Å². The van der Waals surface area contributed by atoms with Gasteiger partial charge < -0.3 is 0 Å². The molecule has 16 heavy (non-hydrogen) atoms. The molecule has 0 aromatic carbocycles. The van der Waals surface area contributed by atoms with Crippen molar-refractivity contribution in [2.75, 3.05) is 0 Å². The zero-order valence-electron chi connectivity index (χ0n) is 9.07. The van der Waals surface area contributed by atoms with Gasteiger partial charge in [-0.15, -0.1) is 11.6 Å². The van der Waals surface area contributed by atoms with Crippen LogP contribution in [-0.2, 0) is 0 Å². The van der Waals surface area contributed by atoms with E-state index in [-0.39, 0.29) is 5.38 Å². The fourth-order valence-corrected chi connectivity index (χ4v) is 1.36. The van der Waals surface area contributed by atoms with Crippen molar-refractivity contribution in [3.63, 3.8) is 0 Å². The van der Waals surface area contributed by atoms with Gasteiger partial charge in [0.15, 0.2) is 0 Å². The van der Waals surface area contributed by atoms with E-state index in [1.54, 1.807) is 37.7 Å². The number of rotatable bonds is 5. The first-order valence-corrected chi connectivity index (χ1v) is 6.59. The number of alkyl halides is 1. The van der Waals surface area contributed by atoms with Crippen molar-refractivity contribution in [3.05, 3.63) is 33.2 Å². The van der Waals surface area contributed by atoms with Gasteiger partial charge in [-0.05, 0) is 30.1 Å². The number of halogens is 3. The van der Waals surface area contributed by atoms with E-state index in [4.69, 9.17) is 23.2 Å². The average Bonchev–Trinajstić information content (AvgIpc) is 2.20. The third kappa shape index (κ3) is 10.4. The molecule has 1 atom stereocenters. The molecule has 0 aliphatic heterocycles. The van der Waals surface area contributed by atoms with Crippen molar-refractivity contribution in [1.29, 1.82) is 0 Å². The topological polar surface area (TPSA) is 24.7 Å². The zero-order chi connectivity index (χ0) is 12.4. The Labute approximate surface area is 120 Å². The minimum absolute atomic E-state index is 0.285. The Bertz CT molecular complexity index is 340. The van der Waals surface area contributed by atoms with E-state index in [1.165, 1.54) is 0 Å². The van der Waals surface area contributed by atoms with Crippen molar-refractivity contribution in [2.45, 2.75) is 19.2 Å². The Kier molecular flexibility index (Phi) is 9.97. The third-order valence-corrected chi connectivity index (χ3v) is 2.04. The highest BCUT2D eigenvalue weighted by atomic mass is 127. The summed E-state index contributed by atoms with van der Waals surface area (Å²) < 4.78 is 1.82. The second-order valence-corrected chi connectivity index (χ2v) is 4.68. The van der Waals surface area contributed by atoms with Crippen LogP contribution in [0.4, 0.5) is 0 Å². The first-order chi connectivity index (χ1) is 7.56. The molecule has 0 N–H and O–H groups in total. The number of aliphatic imine (C=N–C) groups is 2. The summed E-state index contributed by atoms with van der Waals surface area (Å²) >= 11 is 13.7. The van der Waals surface area contributed by atoms with Crippen LogP contribution < -0.4 is 0 Å². The number of hydrogen-bond donors (Lipinski definition) is 0. The first kappa shape index (κ1) is 15.9. The highest BCUT2D eigenvalue weighted by molar-refractivity contribution is 14.1. The van der Waals surface area contributed by atoms with Crippen LogP contribution in [0.3, 0.4) is 0 Å². The second-order valence-electron chi connectivity index (χ2n) is 2.86. The highest BCUT2D eigenvalue weighted by Gasteiger charge is 1.94. The molecule has 0 saturated carbocycles.